The molecule has 0 saturated heterocycles. The zero-order valence-electron chi connectivity index (χ0n) is 12.8. The lowest BCUT2D eigenvalue weighted by Gasteiger charge is -2.21. The summed E-state index contributed by atoms with van der Waals surface area (Å²) in [5.41, 5.74) is 1.33. The molecule has 2 saturated carbocycles. The molecular formula is C16H27NO2. The van der Waals surface area contributed by atoms with Crippen molar-refractivity contribution < 1.29 is 9.90 Å². The maximum absolute atomic E-state index is 12.5. The van der Waals surface area contributed by atoms with E-state index in [1.165, 1.54) is 5.57 Å². The first-order valence-corrected chi connectivity index (χ1v) is 7.33. The number of aliphatic hydroxyl groups excluding tert-OH is 1. The number of aliphatic hydroxyl groups is 1. The summed E-state index contributed by atoms with van der Waals surface area (Å²) < 4.78 is 0. The van der Waals surface area contributed by atoms with E-state index in [1.807, 2.05) is 7.05 Å². The number of likely N-dealkylation sites (N-methyl/N-ethyl adjacent to an activating group) is 1. The first-order valence-electron chi connectivity index (χ1n) is 7.33. The second-order valence-electron chi connectivity index (χ2n) is 7.19. The van der Waals surface area contributed by atoms with Crippen molar-refractivity contribution in [2.45, 2.75) is 46.6 Å². The zero-order valence-corrected chi connectivity index (χ0v) is 12.8. The number of hydrogen-bond acceptors (Lipinski definition) is 2. The van der Waals surface area contributed by atoms with Crippen LogP contribution < -0.4 is 0 Å². The summed E-state index contributed by atoms with van der Waals surface area (Å²) >= 11 is 0. The second kappa shape index (κ2) is 4.93. The van der Waals surface area contributed by atoms with E-state index in [0.29, 0.717) is 18.4 Å². The quantitative estimate of drug-likeness (QED) is 0.776. The van der Waals surface area contributed by atoms with Crippen molar-refractivity contribution in [1.82, 2.24) is 4.90 Å². The highest BCUT2D eigenvalue weighted by molar-refractivity contribution is 5.83. The van der Waals surface area contributed by atoms with Crippen LogP contribution in [0, 0.1) is 23.2 Å². The van der Waals surface area contributed by atoms with Gasteiger partial charge in [-0.15, -0.1) is 0 Å². The van der Waals surface area contributed by atoms with Gasteiger partial charge in [0.2, 0.25) is 5.91 Å². The molecule has 0 radical (unpaired) electrons. The predicted octanol–water partition coefficient (Wildman–Crippen LogP) is 2.45. The first-order chi connectivity index (χ1) is 8.75. The van der Waals surface area contributed by atoms with Gasteiger partial charge in [0.1, 0.15) is 0 Å². The van der Waals surface area contributed by atoms with Gasteiger partial charge in [-0.2, -0.15) is 0 Å². The molecule has 2 rings (SSSR count). The molecule has 0 aromatic carbocycles. The van der Waals surface area contributed by atoms with Crippen LogP contribution in [-0.2, 0) is 4.79 Å². The van der Waals surface area contributed by atoms with Gasteiger partial charge in [0.25, 0.3) is 0 Å². The van der Waals surface area contributed by atoms with E-state index in [4.69, 9.17) is 0 Å². The third kappa shape index (κ3) is 3.02. The largest absolute Gasteiger partial charge is 0.391 e. The van der Waals surface area contributed by atoms with Gasteiger partial charge >= 0.3 is 0 Å². The van der Waals surface area contributed by atoms with E-state index in [9.17, 15) is 9.90 Å². The minimum Gasteiger partial charge on any atom is -0.391 e. The third-order valence-electron chi connectivity index (χ3n) is 4.69. The van der Waals surface area contributed by atoms with E-state index in [-0.39, 0.29) is 23.3 Å². The molecule has 3 heteroatoms. The standard InChI is InChI=1S/C16H27NO2/c1-10(2)8-12-14(16(12,3)4)15(19)17(5)9-13(18)11-6-7-11/h8,11-14,18H,6-7,9H2,1-5H3. The van der Waals surface area contributed by atoms with Crippen LogP contribution in [0.4, 0.5) is 0 Å². The fourth-order valence-corrected chi connectivity index (χ4v) is 3.06. The maximum Gasteiger partial charge on any atom is 0.226 e. The van der Waals surface area contributed by atoms with Gasteiger partial charge in [-0.05, 0) is 43.9 Å². The Bertz CT molecular complexity index is 392. The number of hydrogen-bond donors (Lipinski definition) is 1. The van der Waals surface area contributed by atoms with Crippen LogP contribution in [0.2, 0.25) is 0 Å². The molecule has 108 valence electrons. The van der Waals surface area contributed by atoms with Crippen molar-refractivity contribution in [3.05, 3.63) is 11.6 Å². The van der Waals surface area contributed by atoms with Crippen LogP contribution in [0.3, 0.4) is 0 Å². The van der Waals surface area contributed by atoms with Crippen molar-refractivity contribution >= 4 is 5.91 Å². The Morgan fingerprint density at radius 1 is 1.42 bits per heavy atom. The Morgan fingerprint density at radius 3 is 2.47 bits per heavy atom. The van der Waals surface area contributed by atoms with Crippen LogP contribution in [0.5, 0.6) is 0 Å². The predicted molar refractivity (Wildman–Crippen MR) is 76.6 cm³/mol. The summed E-state index contributed by atoms with van der Waals surface area (Å²) in [6.07, 6.45) is 4.10. The monoisotopic (exact) mass is 265 g/mol. The van der Waals surface area contributed by atoms with E-state index in [1.54, 1.807) is 4.90 Å². The Hall–Kier alpha value is -0.830. The molecule has 2 aliphatic carbocycles. The average molecular weight is 265 g/mol. The van der Waals surface area contributed by atoms with Crippen LogP contribution in [-0.4, -0.2) is 35.6 Å². The maximum atomic E-state index is 12.5. The lowest BCUT2D eigenvalue weighted by molar-refractivity contribution is -0.133. The molecule has 3 atom stereocenters. The molecule has 0 heterocycles. The Balaban J connectivity index is 1.94. The van der Waals surface area contributed by atoms with Crippen molar-refractivity contribution in [2.24, 2.45) is 23.2 Å². The minimum atomic E-state index is -0.335. The fourth-order valence-electron chi connectivity index (χ4n) is 3.06. The lowest BCUT2D eigenvalue weighted by Crippen LogP contribution is -2.37. The summed E-state index contributed by atoms with van der Waals surface area (Å²) in [7, 11) is 1.82. The summed E-state index contributed by atoms with van der Waals surface area (Å²) in [6, 6.07) is 0. The lowest BCUT2D eigenvalue weighted by atomic mass is 10.1. The highest BCUT2D eigenvalue weighted by Crippen LogP contribution is 2.60. The smallest absolute Gasteiger partial charge is 0.226 e. The number of carbonyl (C=O) groups excluding carboxylic acids is 1. The molecule has 0 bridgehead atoms. The van der Waals surface area contributed by atoms with Crippen LogP contribution in [0.15, 0.2) is 11.6 Å². The first kappa shape index (κ1) is 14.6. The molecule has 3 unspecified atom stereocenters. The topological polar surface area (TPSA) is 40.5 Å². The zero-order chi connectivity index (χ0) is 14.4. The molecule has 0 spiro atoms. The van der Waals surface area contributed by atoms with E-state index in [2.05, 4.69) is 33.8 Å². The summed E-state index contributed by atoms with van der Waals surface area (Å²) in [5, 5.41) is 9.95. The van der Waals surface area contributed by atoms with Gasteiger partial charge in [-0.25, -0.2) is 0 Å². The molecule has 0 aromatic heterocycles. The van der Waals surface area contributed by atoms with Crippen LogP contribution >= 0.6 is 0 Å². The Kier molecular flexibility index (Phi) is 3.78. The second-order valence-corrected chi connectivity index (χ2v) is 7.19. The molecule has 2 fully saturated rings. The Morgan fingerprint density at radius 2 is 2.00 bits per heavy atom. The highest BCUT2D eigenvalue weighted by Gasteiger charge is 2.61. The number of rotatable bonds is 5. The molecule has 0 aliphatic heterocycles. The van der Waals surface area contributed by atoms with Gasteiger partial charge in [0, 0.05) is 13.6 Å². The number of amides is 1. The summed E-state index contributed by atoms with van der Waals surface area (Å²) in [6.45, 7) is 8.96. The number of nitrogens with zero attached hydrogens (tertiary/aromatic N) is 1. The van der Waals surface area contributed by atoms with E-state index >= 15 is 0 Å². The molecular weight excluding hydrogens is 238 g/mol. The van der Waals surface area contributed by atoms with Gasteiger partial charge in [-0.1, -0.05) is 25.5 Å². The Labute approximate surface area is 116 Å². The van der Waals surface area contributed by atoms with Crippen molar-refractivity contribution in [3.63, 3.8) is 0 Å². The molecule has 1 N–H and O–H groups in total. The van der Waals surface area contributed by atoms with E-state index < -0.39 is 0 Å². The SMILES string of the molecule is CC(C)=CC1C(C(=O)N(C)CC(O)C2CC2)C1(C)C. The van der Waals surface area contributed by atoms with Crippen molar-refractivity contribution in [2.75, 3.05) is 13.6 Å². The molecule has 2 aliphatic rings. The molecule has 19 heavy (non-hydrogen) atoms. The van der Waals surface area contributed by atoms with Crippen LogP contribution in [0.25, 0.3) is 0 Å². The molecule has 1 amide bonds. The van der Waals surface area contributed by atoms with Gasteiger partial charge in [0.15, 0.2) is 0 Å². The number of carbonyl (C=O) groups is 1. The van der Waals surface area contributed by atoms with Gasteiger partial charge in [0.05, 0.1) is 12.0 Å². The number of allylic oxidation sites excluding steroid dienone is 2. The minimum absolute atomic E-state index is 0.0626. The van der Waals surface area contributed by atoms with Crippen molar-refractivity contribution in [1.29, 1.82) is 0 Å². The molecule has 0 aromatic rings. The van der Waals surface area contributed by atoms with Crippen molar-refractivity contribution in [3.8, 4) is 0 Å². The van der Waals surface area contributed by atoms with Gasteiger partial charge in [-0.3, -0.25) is 4.79 Å². The van der Waals surface area contributed by atoms with E-state index in [0.717, 1.165) is 12.8 Å². The summed E-state index contributed by atoms with van der Waals surface area (Å²) in [4.78, 5) is 14.2. The third-order valence-corrected chi connectivity index (χ3v) is 4.69. The highest BCUT2D eigenvalue weighted by atomic mass is 16.3. The normalized spacial score (nSPS) is 29.6. The van der Waals surface area contributed by atoms with Gasteiger partial charge < -0.3 is 10.0 Å². The summed E-state index contributed by atoms with van der Waals surface area (Å²) in [5.74, 6) is 1.05. The van der Waals surface area contributed by atoms with Crippen LogP contribution in [0.1, 0.15) is 40.5 Å². The average Bonchev–Trinajstić information content (AvgIpc) is 3.16. The fraction of sp³-hybridized carbons (Fsp3) is 0.812. The molecule has 3 nitrogen and oxygen atoms in total.